The van der Waals surface area contributed by atoms with Gasteiger partial charge >= 0.3 is 0 Å². The number of furan rings is 1. The summed E-state index contributed by atoms with van der Waals surface area (Å²) in [5.41, 5.74) is 1.23. The van der Waals surface area contributed by atoms with E-state index in [0.29, 0.717) is 39.3 Å². The second kappa shape index (κ2) is 10.0. The van der Waals surface area contributed by atoms with Crippen LogP contribution in [0.1, 0.15) is 41.1 Å². The molecule has 0 spiro atoms. The molecule has 2 aromatic rings. The fraction of sp³-hybridized carbons (Fsp3) is 0.476. The first-order valence-corrected chi connectivity index (χ1v) is 11.4. The van der Waals surface area contributed by atoms with Gasteiger partial charge in [-0.15, -0.1) is 0 Å². The van der Waals surface area contributed by atoms with Crippen LogP contribution in [-0.4, -0.2) is 51.5 Å². The van der Waals surface area contributed by atoms with E-state index in [4.69, 9.17) is 9.15 Å². The van der Waals surface area contributed by atoms with Crippen molar-refractivity contribution in [1.82, 2.24) is 9.62 Å². The Labute approximate surface area is 172 Å². The zero-order valence-electron chi connectivity index (χ0n) is 16.7. The third-order valence-electron chi connectivity index (χ3n) is 4.91. The average molecular weight is 421 g/mol. The molecule has 1 aromatic heterocycles. The monoisotopic (exact) mass is 420 g/mol. The molecule has 0 aliphatic carbocycles. The second-order valence-electron chi connectivity index (χ2n) is 7.10. The number of hydrogen-bond donors (Lipinski definition) is 1. The molecule has 1 aliphatic heterocycles. The van der Waals surface area contributed by atoms with Crippen molar-refractivity contribution in [2.75, 3.05) is 32.8 Å². The van der Waals surface area contributed by atoms with Gasteiger partial charge in [-0.2, -0.15) is 4.31 Å². The summed E-state index contributed by atoms with van der Waals surface area (Å²) in [7, 11) is -3.60. The van der Waals surface area contributed by atoms with Gasteiger partial charge in [-0.25, -0.2) is 8.42 Å². The van der Waals surface area contributed by atoms with Gasteiger partial charge in [0.15, 0.2) is 5.76 Å². The van der Waals surface area contributed by atoms with Crippen LogP contribution < -0.4 is 5.32 Å². The minimum absolute atomic E-state index is 0.0188. The van der Waals surface area contributed by atoms with Crippen molar-refractivity contribution in [3.05, 3.63) is 53.5 Å². The van der Waals surface area contributed by atoms with E-state index in [1.165, 1.54) is 15.9 Å². The van der Waals surface area contributed by atoms with Gasteiger partial charge in [0.2, 0.25) is 10.0 Å². The van der Waals surface area contributed by atoms with Gasteiger partial charge in [-0.3, -0.25) is 4.79 Å². The van der Waals surface area contributed by atoms with Gasteiger partial charge in [0.1, 0.15) is 10.7 Å². The maximum Gasteiger partial charge on any atom is 0.287 e. The third kappa shape index (κ3) is 5.68. The lowest BCUT2D eigenvalue weighted by molar-refractivity contribution is 0.0913. The Balaban J connectivity index is 1.41. The van der Waals surface area contributed by atoms with Crippen molar-refractivity contribution in [1.29, 1.82) is 0 Å². The molecule has 1 amide bonds. The fourth-order valence-corrected chi connectivity index (χ4v) is 4.98. The maximum absolute atomic E-state index is 12.7. The van der Waals surface area contributed by atoms with E-state index < -0.39 is 15.9 Å². The van der Waals surface area contributed by atoms with Crippen LogP contribution in [-0.2, 0) is 21.2 Å². The van der Waals surface area contributed by atoms with Crippen LogP contribution in [0.5, 0.6) is 0 Å². The zero-order valence-corrected chi connectivity index (χ0v) is 17.5. The summed E-state index contributed by atoms with van der Waals surface area (Å²) in [5, 5.41) is 2.75. The van der Waals surface area contributed by atoms with Gasteiger partial charge in [-0.05, 0) is 38.2 Å². The lowest BCUT2D eigenvalue weighted by atomic mass is 10.2. The average Bonchev–Trinajstić information content (AvgIpc) is 3.38. The van der Waals surface area contributed by atoms with E-state index in [9.17, 15) is 13.2 Å². The first-order chi connectivity index (χ1) is 14.0. The molecule has 2 heterocycles. The van der Waals surface area contributed by atoms with Gasteiger partial charge in [0, 0.05) is 32.3 Å². The van der Waals surface area contributed by atoms with Crippen LogP contribution >= 0.6 is 0 Å². The highest BCUT2D eigenvalue weighted by atomic mass is 32.2. The van der Waals surface area contributed by atoms with E-state index in [0.717, 1.165) is 19.3 Å². The van der Waals surface area contributed by atoms with Crippen LogP contribution in [0.25, 0.3) is 0 Å². The Bertz CT molecular complexity index is 902. The summed E-state index contributed by atoms with van der Waals surface area (Å²) in [6.07, 6.45) is 3.24. The number of benzene rings is 1. The molecule has 8 heteroatoms. The van der Waals surface area contributed by atoms with Crippen molar-refractivity contribution in [2.24, 2.45) is 0 Å². The van der Waals surface area contributed by atoms with E-state index in [1.807, 2.05) is 18.2 Å². The number of nitrogens with one attached hydrogen (secondary N) is 1. The highest BCUT2D eigenvalue weighted by Gasteiger charge is 2.31. The number of nitrogens with zero attached hydrogens (tertiary/aromatic N) is 1. The van der Waals surface area contributed by atoms with E-state index in [2.05, 4.69) is 17.4 Å². The molecule has 1 saturated heterocycles. The van der Waals surface area contributed by atoms with Crippen LogP contribution in [0.3, 0.4) is 0 Å². The minimum atomic E-state index is -3.60. The standard InChI is InChI=1S/C21H28N2O5S/c1-17-20(29(25,26)23-12-5-6-13-23)16-19(28-17)21(24)22-11-7-14-27-15-10-18-8-3-2-4-9-18/h2-4,8-9,16H,5-7,10-15H2,1H3,(H,22,24). The smallest absolute Gasteiger partial charge is 0.287 e. The molecule has 29 heavy (non-hydrogen) atoms. The number of carbonyl (C=O) groups excluding carboxylic acids is 1. The molecular weight excluding hydrogens is 392 g/mol. The lowest BCUT2D eigenvalue weighted by Crippen LogP contribution is -2.28. The molecule has 0 atom stereocenters. The topological polar surface area (TPSA) is 88.8 Å². The molecule has 0 saturated carbocycles. The molecule has 1 aromatic carbocycles. The number of aryl methyl sites for hydroxylation is 1. The van der Waals surface area contributed by atoms with Gasteiger partial charge in [0.05, 0.1) is 6.61 Å². The molecule has 3 rings (SSSR count). The van der Waals surface area contributed by atoms with Crippen LogP contribution in [0.4, 0.5) is 0 Å². The number of sulfonamides is 1. The Morgan fingerprint density at radius 1 is 1.17 bits per heavy atom. The molecule has 158 valence electrons. The molecule has 0 radical (unpaired) electrons. The van der Waals surface area contributed by atoms with E-state index >= 15 is 0 Å². The predicted octanol–water partition coefficient (Wildman–Crippen LogP) is 2.75. The van der Waals surface area contributed by atoms with Crippen molar-refractivity contribution < 1.29 is 22.4 Å². The first kappa shape index (κ1) is 21.5. The van der Waals surface area contributed by atoms with Crippen LogP contribution in [0.15, 0.2) is 45.7 Å². The minimum Gasteiger partial charge on any atom is -0.455 e. The van der Waals surface area contributed by atoms with Crippen molar-refractivity contribution >= 4 is 15.9 Å². The number of amides is 1. The van der Waals surface area contributed by atoms with Gasteiger partial charge < -0.3 is 14.5 Å². The van der Waals surface area contributed by atoms with Crippen molar-refractivity contribution in [3.8, 4) is 0 Å². The predicted molar refractivity (Wildman–Crippen MR) is 109 cm³/mol. The van der Waals surface area contributed by atoms with Gasteiger partial charge in [0.25, 0.3) is 5.91 Å². The summed E-state index contributed by atoms with van der Waals surface area (Å²) >= 11 is 0. The summed E-state index contributed by atoms with van der Waals surface area (Å²) in [6, 6.07) is 11.4. The SMILES string of the molecule is Cc1oc(C(=O)NCCCOCCc2ccccc2)cc1S(=O)(=O)N1CCCC1. The normalized spacial score (nSPS) is 14.9. The molecule has 0 unspecified atom stereocenters. The number of carbonyl (C=O) groups is 1. The summed E-state index contributed by atoms with van der Waals surface area (Å²) in [5.74, 6) is -0.156. The Morgan fingerprint density at radius 2 is 1.90 bits per heavy atom. The zero-order chi connectivity index (χ0) is 20.7. The number of ether oxygens (including phenoxy) is 1. The lowest BCUT2D eigenvalue weighted by Gasteiger charge is -2.14. The Hall–Kier alpha value is -2.16. The maximum atomic E-state index is 12.7. The largest absolute Gasteiger partial charge is 0.455 e. The molecule has 1 fully saturated rings. The second-order valence-corrected chi connectivity index (χ2v) is 9.01. The molecule has 7 nitrogen and oxygen atoms in total. The van der Waals surface area contributed by atoms with Crippen molar-refractivity contribution in [2.45, 2.75) is 37.5 Å². The highest BCUT2D eigenvalue weighted by molar-refractivity contribution is 7.89. The third-order valence-corrected chi connectivity index (χ3v) is 6.91. The van der Waals surface area contributed by atoms with Gasteiger partial charge in [-0.1, -0.05) is 30.3 Å². The van der Waals surface area contributed by atoms with E-state index in [-0.39, 0.29) is 16.4 Å². The van der Waals surface area contributed by atoms with Crippen LogP contribution in [0, 0.1) is 6.92 Å². The molecule has 0 bridgehead atoms. The summed E-state index contributed by atoms with van der Waals surface area (Å²) in [4.78, 5) is 12.4. The Kier molecular flexibility index (Phi) is 7.46. The van der Waals surface area contributed by atoms with Crippen LogP contribution in [0.2, 0.25) is 0 Å². The molecule has 1 N–H and O–H groups in total. The van der Waals surface area contributed by atoms with Crippen molar-refractivity contribution in [3.63, 3.8) is 0 Å². The summed E-state index contributed by atoms with van der Waals surface area (Å²) < 4.78 is 37.8. The highest BCUT2D eigenvalue weighted by Crippen LogP contribution is 2.26. The Morgan fingerprint density at radius 3 is 2.62 bits per heavy atom. The fourth-order valence-electron chi connectivity index (χ4n) is 3.30. The number of rotatable bonds is 10. The quantitative estimate of drug-likeness (QED) is 0.597. The summed E-state index contributed by atoms with van der Waals surface area (Å²) in [6.45, 7) is 4.20. The van der Waals surface area contributed by atoms with E-state index in [1.54, 1.807) is 6.92 Å². The molecule has 1 aliphatic rings. The number of hydrogen-bond acceptors (Lipinski definition) is 5. The molecular formula is C21H28N2O5S. The first-order valence-electron chi connectivity index (χ1n) is 9.99.